The smallest absolute Gasteiger partial charge is 0.254 e. The maximum Gasteiger partial charge on any atom is 0.254 e. The molecule has 0 bridgehead atoms. The molecule has 1 amide bonds. The van der Waals surface area contributed by atoms with Crippen LogP contribution in [0.1, 0.15) is 29.3 Å². The minimum absolute atomic E-state index is 0.0909. The first-order valence-corrected chi connectivity index (χ1v) is 6.74. The summed E-state index contributed by atoms with van der Waals surface area (Å²) in [4.78, 5) is 14.6. The van der Waals surface area contributed by atoms with Crippen molar-refractivity contribution in [3.8, 4) is 6.07 Å². The van der Waals surface area contributed by atoms with Crippen LogP contribution in [0.4, 0.5) is 0 Å². The van der Waals surface area contributed by atoms with Crippen molar-refractivity contribution in [1.82, 2.24) is 10.2 Å². The van der Waals surface area contributed by atoms with Gasteiger partial charge in [0.2, 0.25) is 0 Å². The Bertz CT molecular complexity index is 531. The number of rotatable bonds is 1. The minimum Gasteiger partial charge on any atom is -0.331 e. The van der Waals surface area contributed by atoms with Gasteiger partial charge < -0.3 is 10.2 Å². The van der Waals surface area contributed by atoms with Crippen molar-refractivity contribution in [2.24, 2.45) is 5.92 Å². The molecule has 0 saturated carbocycles. The molecule has 0 radical (unpaired) electrons. The van der Waals surface area contributed by atoms with E-state index in [9.17, 15) is 4.79 Å². The average Bonchev–Trinajstić information content (AvgIpc) is 2.98. The standard InChI is InChI=1S/C15H17N3O/c1-10-6-13-8-17-9-14(13)18(10)15(19)12-4-2-11(7-16)3-5-12/h2-5,10,13-14,17H,6,8-9H2,1H3. The van der Waals surface area contributed by atoms with Gasteiger partial charge in [0.15, 0.2) is 0 Å². The molecule has 3 atom stereocenters. The second-order valence-electron chi connectivity index (χ2n) is 5.47. The molecule has 2 fully saturated rings. The Hall–Kier alpha value is -1.86. The summed E-state index contributed by atoms with van der Waals surface area (Å²) in [6.45, 7) is 4.04. The number of hydrogen-bond acceptors (Lipinski definition) is 3. The van der Waals surface area contributed by atoms with Crippen molar-refractivity contribution in [2.75, 3.05) is 13.1 Å². The van der Waals surface area contributed by atoms with Gasteiger partial charge in [0, 0.05) is 30.7 Å². The van der Waals surface area contributed by atoms with Crippen molar-refractivity contribution in [3.05, 3.63) is 35.4 Å². The summed E-state index contributed by atoms with van der Waals surface area (Å²) in [5.41, 5.74) is 1.27. The molecule has 1 aromatic rings. The lowest BCUT2D eigenvalue weighted by molar-refractivity contribution is 0.0682. The highest BCUT2D eigenvalue weighted by Crippen LogP contribution is 2.33. The highest BCUT2D eigenvalue weighted by molar-refractivity contribution is 5.95. The van der Waals surface area contributed by atoms with Crippen LogP contribution in [0.3, 0.4) is 0 Å². The predicted molar refractivity (Wildman–Crippen MR) is 71.6 cm³/mol. The minimum atomic E-state index is 0.0909. The van der Waals surface area contributed by atoms with Crippen molar-refractivity contribution >= 4 is 5.91 Å². The van der Waals surface area contributed by atoms with Crippen LogP contribution in [0.5, 0.6) is 0 Å². The number of nitrogens with zero attached hydrogens (tertiary/aromatic N) is 2. The molecule has 2 saturated heterocycles. The van der Waals surface area contributed by atoms with Gasteiger partial charge in [-0.2, -0.15) is 5.26 Å². The van der Waals surface area contributed by atoms with Crippen LogP contribution in [0, 0.1) is 17.2 Å². The summed E-state index contributed by atoms with van der Waals surface area (Å²) in [7, 11) is 0. The van der Waals surface area contributed by atoms with E-state index in [-0.39, 0.29) is 5.91 Å². The Morgan fingerprint density at radius 3 is 2.79 bits per heavy atom. The summed E-state index contributed by atoms with van der Waals surface area (Å²) in [6, 6.07) is 9.63. The zero-order chi connectivity index (χ0) is 13.4. The largest absolute Gasteiger partial charge is 0.331 e. The van der Waals surface area contributed by atoms with Crippen molar-refractivity contribution in [1.29, 1.82) is 5.26 Å². The number of fused-ring (bicyclic) bond motifs is 1. The second kappa shape index (κ2) is 4.67. The van der Waals surface area contributed by atoms with Gasteiger partial charge in [-0.3, -0.25) is 4.79 Å². The Labute approximate surface area is 113 Å². The number of carbonyl (C=O) groups excluding carboxylic acids is 1. The number of carbonyl (C=O) groups is 1. The molecule has 4 heteroatoms. The van der Waals surface area contributed by atoms with Crippen LogP contribution >= 0.6 is 0 Å². The molecule has 3 rings (SSSR count). The summed E-state index contributed by atoms with van der Waals surface area (Å²) in [5, 5.41) is 12.2. The third kappa shape index (κ3) is 2.00. The molecule has 4 nitrogen and oxygen atoms in total. The van der Waals surface area contributed by atoms with Gasteiger partial charge in [-0.25, -0.2) is 0 Å². The van der Waals surface area contributed by atoms with Crippen LogP contribution in [0.25, 0.3) is 0 Å². The fourth-order valence-corrected chi connectivity index (χ4v) is 3.35. The zero-order valence-corrected chi connectivity index (χ0v) is 11.0. The highest BCUT2D eigenvalue weighted by Gasteiger charge is 2.44. The fraction of sp³-hybridized carbons (Fsp3) is 0.467. The molecule has 0 spiro atoms. The molecule has 0 aromatic heterocycles. The van der Waals surface area contributed by atoms with E-state index in [0.717, 1.165) is 19.5 Å². The number of hydrogen-bond donors (Lipinski definition) is 1. The first-order valence-electron chi connectivity index (χ1n) is 6.74. The average molecular weight is 255 g/mol. The Morgan fingerprint density at radius 1 is 1.37 bits per heavy atom. The van der Waals surface area contributed by atoms with E-state index in [4.69, 9.17) is 5.26 Å². The molecular formula is C15H17N3O. The fourth-order valence-electron chi connectivity index (χ4n) is 3.35. The van der Waals surface area contributed by atoms with Crippen molar-refractivity contribution < 1.29 is 4.79 Å². The van der Waals surface area contributed by atoms with Crippen molar-refractivity contribution in [3.63, 3.8) is 0 Å². The maximum absolute atomic E-state index is 12.6. The number of benzene rings is 1. The van der Waals surface area contributed by atoms with Crippen LogP contribution in [0.2, 0.25) is 0 Å². The number of nitrogens with one attached hydrogen (secondary N) is 1. The van der Waals surface area contributed by atoms with Crippen LogP contribution in [-0.4, -0.2) is 36.0 Å². The van der Waals surface area contributed by atoms with Crippen LogP contribution < -0.4 is 5.32 Å². The summed E-state index contributed by atoms with van der Waals surface area (Å²) < 4.78 is 0. The van der Waals surface area contributed by atoms with E-state index in [2.05, 4.69) is 18.3 Å². The van der Waals surface area contributed by atoms with Gasteiger partial charge in [-0.15, -0.1) is 0 Å². The van der Waals surface area contributed by atoms with E-state index < -0.39 is 0 Å². The third-order valence-corrected chi connectivity index (χ3v) is 4.28. The zero-order valence-electron chi connectivity index (χ0n) is 11.0. The summed E-state index contributed by atoms with van der Waals surface area (Å²) >= 11 is 0. The molecule has 1 N–H and O–H groups in total. The first kappa shape index (κ1) is 12.2. The van der Waals surface area contributed by atoms with Crippen molar-refractivity contribution in [2.45, 2.75) is 25.4 Å². The summed E-state index contributed by atoms with van der Waals surface area (Å²) in [6.07, 6.45) is 1.08. The quantitative estimate of drug-likeness (QED) is 0.825. The first-order chi connectivity index (χ1) is 9.20. The molecule has 1 aromatic carbocycles. The van der Waals surface area contributed by atoms with E-state index in [1.165, 1.54) is 0 Å². The number of likely N-dealkylation sites (tertiary alicyclic amines) is 1. The molecule has 3 unspecified atom stereocenters. The topological polar surface area (TPSA) is 56.1 Å². The molecule has 98 valence electrons. The Morgan fingerprint density at radius 2 is 2.11 bits per heavy atom. The van der Waals surface area contributed by atoms with E-state index in [0.29, 0.717) is 29.1 Å². The van der Waals surface area contributed by atoms with Gasteiger partial charge in [-0.05, 0) is 43.5 Å². The molecular weight excluding hydrogens is 238 g/mol. The lowest BCUT2D eigenvalue weighted by atomic mass is 10.0. The normalized spacial score (nSPS) is 29.1. The Balaban J connectivity index is 1.84. The van der Waals surface area contributed by atoms with Gasteiger partial charge in [0.1, 0.15) is 0 Å². The summed E-state index contributed by atoms with van der Waals surface area (Å²) in [5.74, 6) is 0.686. The molecule has 2 aliphatic heterocycles. The van der Waals surface area contributed by atoms with E-state index in [1.807, 2.05) is 4.90 Å². The van der Waals surface area contributed by atoms with Crippen LogP contribution in [0.15, 0.2) is 24.3 Å². The van der Waals surface area contributed by atoms with Gasteiger partial charge in [0.05, 0.1) is 11.6 Å². The number of amides is 1. The SMILES string of the molecule is CC1CC2CNCC2N1C(=O)c1ccc(C#N)cc1. The van der Waals surface area contributed by atoms with Gasteiger partial charge >= 0.3 is 0 Å². The number of nitriles is 1. The van der Waals surface area contributed by atoms with E-state index in [1.54, 1.807) is 24.3 Å². The second-order valence-corrected chi connectivity index (χ2v) is 5.47. The molecule has 2 aliphatic rings. The molecule has 19 heavy (non-hydrogen) atoms. The van der Waals surface area contributed by atoms with Gasteiger partial charge in [0.25, 0.3) is 5.91 Å². The molecule has 2 heterocycles. The maximum atomic E-state index is 12.6. The van der Waals surface area contributed by atoms with Gasteiger partial charge in [-0.1, -0.05) is 0 Å². The monoisotopic (exact) mass is 255 g/mol. The lowest BCUT2D eigenvalue weighted by Gasteiger charge is -2.27. The lowest BCUT2D eigenvalue weighted by Crippen LogP contribution is -2.42. The third-order valence-electron chi connectivity index (χ3n) is 4.28. The highest BCUT2D eigenvalue weighted by atomic mass is 16.2. The van der Waals surface area contributed by atoms with E-state index >= 15 is 0 Å². The predicted octanol–water partition coefficient (Wildman–Crippen LogP) is 1.38. The van der Waals surface area contributed by atoms with Crippen LogP contribution in [-0.2, 0) is 0 Å². The Kier molecular flexibility index (Phi) is 3.00. The molecule has 0 aliphatic carbocycles.